The van der Waals surface area contributed by atoms with E-state index in [0.717, 1.165) is 12.1 Å². The zero-order valence-electron chi connectivity index (χ0n) is 13.9. The molecule has 3 heterocycles. The lowest BCUT2D eigenvalue weighted by molar-refractivity contribution is 0.0118. The molecule has 25 heavy (non-hydrogen) atoms. The molecule has 4 rings (SSSR count). The quantitative estimate of drug-likeness (QED) is 0.806. The molecule has 6 nitrogen and oxygen atoms in total. The maximum absolute atomic E-state index is 13.1. The Morgan fingerprint density at radius 1 is 1.12 bits per heavy atom. The number of Topliss-reactive ketones (excluding diaryl/α,β-unsaturated/α-hetero) is 1. The van der Waals surface area contributed by atoms with Crippen molar-refractivity contribution in [2.45, 2.75) is 18.9 Å². The van der Waals surface area contributed by atoms with Gasteiger partial charge in [-0.15, -0.1) is 0 Å². The van der Waals surface area contributed by atoms with E-state index in [1.165, 1.54) is 11.8 Å². The van der Waals surface area contributed by atoms with E-state index in [2.05, 4.69) is 6.07 Å². The second-order valence-corrected chi connectivity index (χ2v) is 6.34. The van der Waals surface area contributed by atoms with Gasteiger partial charge in [0.1, 0.15) is 0 Å². The van der Waals surface area contributed by atoms with Crippen LogP contribution in [0.2, 0.25) is 0 Å². The number of para-hydroxylation sites is 1. The molecule has 2 aromatic rings. The summed E-state index contributed by atoms with van der Waals surface area (Å²) >= 11 is 0. The number of benzene rings is 1. The van der Waals surface area contributed by atoms with Crippen LogP contribution in [0.4, 0.5) is 10.5 Å². The van der Waals surface area contributed by atoms with Gasteiger partial charge in [0.25, 0.3) is 0 Å². The highest BCUT2D eigenvalue weighted by molar-refractivity contribution is 5.96. The first-order valence-electron chi connectivity index (χ1n) is 8.54. The third-order valence-corrected chi connectivity index (χ3v) is 4.81. The molecule has 0 saturated carbocycles. The minimum atomic E-state index is -0.272. The van der Waals surface area contributed by atoms with E-state index in [1.54, 1.807) is 17.0 Å². The standard InChI is InChI=1S/C19H20N2O4/c22-17(18-6-3-10-25-18)12-15-13-24-11-9-20(15)19(23)21-8-7-14-4-1-2-5-16(14)21/h1-6,10,15H,7-9,11-13H2/t15-/m0/s1. The van der Waals surface area contributed by atoms with E-state index in [1.807, 2.05) is 23.1 Å². The molecule has 2 aliphatic rings. The number of urea groups is 1. The summed E-state index contributed by atoms with van der Waals surface area (Å²) in [5.74, 6) is 0.213. The summed E-state index contributed by atoms with van der Waals surface area (Å²) in [6, 6.07) is 11.0. The summed E-state index contributed by atoms with van der Waals surface area (Å²) < 4.78 is 10.7. The Hall–Kier alpha value is -2.60. The Balaban J connectivity index is 1.51. The number of anilines is 1. The van der Waals surface area contributed by atoms with Gasteiger partial charge in [0.2, 0.25) is 0 Å². The third kappa shape index (κ3) is 3.05. The number of morpholine rings is 1. The number of hydrogen-bond donors (Lipinski definition) is 0. The number of nitrogens with zero attached hydrogens (tertiary/aromatic N) is 2. The summed E-state index contributed by atoms with van der Waals surface area (Å²) in [6.45, 7) is 2.03. The van der Waals surface area contributed by atoms with Gasteiger partial charge in [-0.25, -0.2) is 4.79 Å². The molecule has 130 valence electrons. The van der Waals surface area contributed by atoms with E-state index in [9.17, 15) is 9.59 Å². The van der Waals surface area contributed by atoms with Crippen LogP contribution >= 0.6 is 0 Å². The molecule has 2 amide bonds. The molecule has 1 aromatic heterocycles. The average molecular weight is 340 g/mol. The fraction of sp³-hybridized carbons (Fsp3) is 0.368. The average Bonchev–Trinajstić information content (AvgIpc) is 3.31. The lowest BCUT2D eigenvalue weighted by atomic mass is 10.1. The molecule has 1 aromatic carbocycles. The number of hydrogen-bond acceptors (Lipinski definition) is 4. The van der Waals surface area contributed by atoms with Crippen molar-refractivity contribution < 1.29 is 18.7 Å². The van der Waals surface area contributed by atoms with Crippen LogP contribution in [0.1, 0.15) is 22.5 Å². The van der Waals surface area contributed by atoms with Crippen molar-refractivity contribution in [3.05, 3.63) is 54.0 Å². The maximum Gasteiger partial charge on any atom is 0.324 e. The number of rotatable bonds is 3. The van der Waals surface area contributed by atoms with Crippen LogP contribution in [0, 0.1) is 0 Å². The number of fused-ring (bicyclic) bond motifs is 1. The number of amides is 2. The van der Waals surface area contributed by atoms with Crippen molar-refractivity contribution in [3.8, 4) is 0 Å². The molecule has 1 fully saturated rings. The SMILES string of the molecule is O=C(C[C@H]1COCCN1C(=O)N1CCc2ccccc21)c1ccco1. The van der Waals surface area contributed by atoms with Crippen LogP contribution < -0.4 is 4.90 Å². The van der Waals surface area contributed by atoms with E-state index in [4.69, 9.17) is 9.15 Å². The first-order chi connectivity index (χ1) is 12.2. The number of ether oxygens (including phenoxy) is 1. The summed E-state index contributed by atoms with van der Waals surface area (Å²) in [4.78, 5) is 29.0. The Bertz CT molecular complexity index is 771. The first-order valence-corrected chi connectivity index (χ1v) is 8.54. The van der Waals surface area contributed by atoms with Crippen molar-refractivity contribution in [1.82, 2.24) is 4.90 Å². The van der Waals surface area contributed by atoms with Gasteiger partial charge in [0.05, 0.1) is 25.5 Å². The number of ketones is 1. The lowest BCUT2D eigenvalue weighted by Gasteiger charge is -2.37. The fourth-order valence-electron chi connectivity index (χ4n) is 3.52. The van der Waals surface area contributed by atoms with Crippen LogP contribution in [0.3, 0.4) is 0 Å². The van der Waals surface area contributed by atoms with E-state index in [0.29, 0.717) is 32.1 Å². The highest BCUT2D eigenvalue weighted by atomic mass is 16.5. The van der Waals surface area contributed by atoms with Crippen molar-refractivity contribution in [2.24, 2.45) is 0 Å². The number of furan rings is 1. The molecule has 0 radical (unpaired) electrons. The number of carbonyl (C=O) groups is 2. The molecule has 1 saturated heterocycles. The Morgan fingerprint density at radius 3 is 2.84 bits per heavy atom. The second kappa shape index (κ2) is 6.72. The van der Waals surface area contributed by atoms with E-state index in [-0.39, 0.29) is 24.3 Å². The molecule has 0 unspecified atom stereocenters. The van der Waals surface area contributed by atoms with Gasteiger partial charge >= 0.3 is 6.03 Å². The minimum absolute atomic E-state index is 0.0505. The van der Waals surface area contributed by atoms with Crippen LogP contribution in [0.5, 0.6) is 0 Å². The predicted octanol–water partition coefficient (Wildman–Crippen LogP) is 2.74. The van der Waals surface area contributed by atoms with Crippen LogP contribution in [-0.4, -0.2) is 49.1 Å². The molecular weight excluding hydrogens is 320 g/mol. The Labute approximate surface area is 146 Å². The molecule has 1 atom stereocenters. The summed E-state index contributed by atoms with van der Waals surface area (Å²) in [6.07, 6.45) is 2.55. The molecule has 0 aliphatic carbocycles. The van der Waals surface area contributed by atoms with Crippen LogP contribution in [0.25, 0.3) is 0 Å². The maximum atomic E-state index is 13.1. The highest BCUT2D eigenvalue weighted by Crippen LogP contribution is 2.29. The van der Waals surface area contributed by atoms with Gasteiger partial charge in [0, 0.05) is 25.2 Å². The van der Waals surface area contributed by atoms with Gasteiger partial charge in [-0.2, -0.15) is 0 Å². The molecule has 0 spiro atoms. The molecule has 6 heteroatoms. The van der Waals surface area contributed by atoms with Gasteiger partial charge in [-0.3, -0.25) is 9.69 Å². The summed E-state index contributed by atoms with van der Waals surface area (Å²) in [5.41, 5.74) is 2.16. The fourth-order valence-corrected chi connectivity index (χ4v) is 3.52. The zero-order valence-corrected chi connectivity index (χ0v) is 13.9. The van der Waals surface area contributed by atoms with Crippen molar-refractivity contribution in [2.75, 3.05) is 31.2 Å². The zero-order chi connectivity index (χ0) is 17.2. The molecule has 2 aliphatic heterocycles. The summed E-state index contributed by atoms with van der Waals surface area (Å²) in [5, 5.41) is 0. The van der Waals surface area contributed by atoms with Crippen LogP contribution in [-0.2, 0) is 11.2 Å². The van der Waals surface area contributed by atoms with Crippen molar-refractivity contribution >= 4 is 17.5 Å². The lowest BCUT2D eigenvalue weighted by Crippen LogP contribution is -2.54. The molecular formula is C19H20N2O4. The first kappa shape index (κ1) is 15.9. The van der Waals surface area contributed by atoms with E-state index >= 15 is 0 Å². The van der Waals surface area contributed by atoms with Gasteiger partial charge in [-0.1, -0.05) is 18.2 Å². The predicted molar refractivity (Wildman–Crippen MR) is 91.9 cm³/mol. The monoisotopic (exact) mass is 340 g/mol. The highest BCUT2D eigenvalue weighted by Gasteiger charge is 2.35. The van der Waals surface area contributed by atoms with E-state index < -0.39 is 0 Å². The second-order valence-electron chi connectivity index (χ2n) is 6.34. The Morgan fingerprint density at radius 2 is 2.00 bits per heavy atom. The Kier molecular flexibility index (Phi) is 4.28. The molecule has 0 N–H and O–H groups in total. The minimum Gasteiger partial charge on any atom is -0.461 e. The van der Waals surface area contributed by atoms with Crippen LogP contribution in [0.15, 0.2) is 47.1 Å². The largest absolute Gasteiger partial charge is 0.461 e. The third-order valence-electron chi connectivity index (χ3n) is 4.81. The molecule has 0 bridgehead atoms. The number of carbonyl (C=O) groups excluding carboxylic acids is 2. The van der Waals surface area contributed by atoms with Gasteiger partial charge < -0.3 is 14.1 Å². The topological polar surface area (TPSA) is 63.0 Å². The van der Waals surface area contributed by atoms with Gasteiger partial charge in [0.15, 0.2) is 11.5 Å². The summed E-state index contributed by atoms with van der Waals surface area (Å²) in [7, 11) is 0. The smallest absolute Gasteiger partial charge is 0.324 e. The van der Waals surface area contributed by atoms with Crippen molar-refractivity contribution in [1.29, 1.82) is 0 Å². The van der Waals surface area contributed by atoms with Crippen molar-refractivity contribution in [3.63, 3.8) is 0 Å². The normalized spacial score (nSPS) is 19.8. The van der Waals surface area contributed by atoms with Gasteiger partial charge in [-0.05, 0) is 30.2 Å².